The van der Waals surface area contributed by atoms with Crippen molar-refractivity contribution in [3.05, 3.63) is 64.8 Å². The largest absolute Gasteiger partial charge is 0.445 e. The number of carbonyl (C=O) groups is 1. The van der Waals surface area contributed by atoms with Crippen molar-refractivity contribution >= 4 is 11.8 Å². The molecule has 0 aliphatic rings. The molecule has 1 N–H and O–H groups in total. The molecule has 1 amide bonds. The van der Waals surface area contributed by atoms with E-state index < -0.39 is 6.09 Å². The van der Waals surface area contributed by atoms with Gasteiger partial charge in [-0.15, -0.1) is 0 Å². The first-order valence-corrected chi connectivity index (χ1v) is 9.32. The van der Waals surface area contributed by atoms with E-state index in [0.29, 0.717) is 6.61 Å². The van der Waals surface area contributed by atoms with Gasteiger partial charge in [-0.2, -0.15) is 0 Å². The Morgan fingerprint density at radius 2 is 1.50 bits per heavy atom. The quantitative estimate of drug-likeness (QED) is 0.486. The molecule has 0 spiro atoms. The molecule has 0 heterocycles. The minimum Gasteiger partial charge on any atom is -0.445 e. The van der Waals surface area contributed by atoms with Crippen molar-refractivity contribution < 1.29 is 9.53 Å². The fourth-order valence-electron chi connectivity index (χ4n) is 2.39. The fraction of sp³-hybridized carbons (Fsp3) is 0.435. The predicted molar refractivity (Wildman–Crippen MR) is 112 cm³/mol. The Labute approximate surface area is 158 Å². The van der Waals surface area contributed by atoms with Crippen molar-refractivity contribution in [2.75, 3.05) is 11.9 Å². The molecule has 1 rings (SSSR count). The smallest absolute Gasteiger partial charge is 0.411 e. The number of hydrogen-bond donors (Lipinski definition) is 1. The van der Waals surface area contributed by atoms with Crippen LogP contribution in [-0.4, -0.2) is 12.7 Å². The summed E-state index contributed by atoms with van der Waals surface area (Å²) in [6.45, 7) is 10.8. The first-order chi connectivity index (χ1) is 12.4. The van der Waals surface area contributed by atoms with Crippen LogP contribution in [-0.2, 0) is 4.74 Å². The number of amides is 1. The van der Waals surface area contributed by atoms with Gasteiger partial charge in [0.2, 0.25) is 0 Å². The van der Waals surface area contributed by atoms with Gasteiger partial charge in [0.25, 0.3) is 0 Å². The molecule has 1 aromatic carbocycles. The van der Waals surface area contributed by atoms with Crippen molar-refractivity contribution in [2.24, 2.45) is 0 Å². The van der Waals surface area contributed by atoms with Crippen LogP contribution in [0.4, 0.5) is 10.5 Å². The van der Waals surface area contributed by atoms with Crippen LogP contribution in [0.5, 0.6) is 0 Å². The highest BCUT2D eigenvalue weighted by atomic mass is 16.5. The minimum atomic E-state index is -0.423. The Bertz CT molecular complexity index is 647. The average molecular weight is 356 g/mol. The molecule has 0 bridgehead atoms. The summed E-state index contributed by atoms with van der Waals surface area (Å²) < 4.78 is 5.20. The minimum absolute atomic E-state index is 0.298. The summed E-state index contributed by atoms with van der Waals surface area (Å²) in [7, 11) is 0. The van der Waals surface area contributed by atoms with Gasteiger partial charge in [0.15, 0.2) is 0 Å². The van der Waals surface area contributed by atoms with E-state index in [9.17, 15) is 4.79 Å². The summed E-state index contributed by atoms with van der Waals surface area (Å²) >= 11 is 0. The maximum absolute atomic E-state index is 11.8. The number of allylic oxidation sites excluding steroid dienone is 5. The lowest BCUT2D eigenvalue weighted by atomic mass is 10.1. The molecule has 26 heavy (non-hydrogen) atoms. The number of ether oxygens (including phenoxy) is 1. The highest BCUT2D eigenvalue weighted by molar-refractivity contribution is 5.84. The van der Waals surface area contributed by atoms with Crippen LogP contribution in [0.2, 0.25) is 0 Å². The predicted octanol–water partition coefficient (Wildman–Crippen LogP) is 6.96. The second-order valence-electron chi connectivity index (χ2n) is 7.05. The van der Waals surface area contributed by atoms with Crippen molar-refractivity contribution in [3.8, 4) is 0 Å². The first-order valence-electron chi connectivity index (χ1n) is 9.32. The third-order valence-corrected chi connectivity index (χ3v) is 4.07. The number of rotatable bonds is 9. The van der Waals surface area contributed by atoms with Crippen molar-refractivity contribution in [1.29, 1.82) is 0 Å². The van der Waals surface area contributed by atoms with Crippen LogP contribution < -0.4 is 5.32 Å². The molecule has 0 radical (unpaired) electrons. The number of carbonyl (C=O) groups excluding carboxylic acids is 1. The zero-order valence-corrected chi connectivity index (χ0v) is 16.9. The normalized spacial score (nSPS) is 11.9. The van der Waals surface area contributed by atoms with E-state index in [1.165, 1.54) is 16.7 Å². The zero-order chi connectivity index (χ0) is 19.4. The molecular formula is C23H33NO2. The monoisotopic (exact) mass is 355 g/mol. The number of aryl methyl sites for hydroxylation is 1. The molecule has 0 saturated heterocycles. The Morgan fingerprint density at radius 3 is 2.12 bits per heavy atom. The maximum atomic E-state index is 11.8. The molecule has 0 fully saturated rings. The molecule has 0 atom stereocenters. The van der Waals surface area contributed by atoms with Gasteiger partial charge < -0.3 is 4.74 Å². The van der Waals surface area contributed by atoms with Crippen LogP contribution >= 0.6 is 0 Å². The van der Waals surface area contributed by atoms with Gasteiger partial charge in [0, 0.05) is 5.69 Å². The number of anilines is 1. The molecule has 0 saturated carbocycles. The summed E-state index contributed by atoms with van der Waals surface area (Å²) in [5.41, 5.74) is 5.95. The summed E-state index contributed by atoms with van der Waals surface area (Å²) in [5.74, 6) is 0. The highest BCUT2D eigenvalue weighted by Gasteiger charge is 2.01. The molecule has 0 aliphatic carbocycles. The third kappa shape index (κ3) is 10.5. The molecule has 0 aliphatic heterocycles. The standard InChI is InChI=1S/C23H33NO2/c1-18(2)8-6-9-19(3)10-7-11-20(4)16-17-26-23(25)24-22-14-12-21(5)13-15-22/h8,10,12-16H,6-7,9,11,17H2,1-5H3,(H,24,25). The first kappa shape index (κ1) is 21.8. The fourth-order valence-corrected chi connectivity index (χ4v) is 2.39. The van der Waals surface area contributed by atoms with Crippen LogP contribution in [0.15, 0.2) is 59.2 Å². The third-order valence-electron chi connectivity index (χ3n) is 4.07. The zero-order valence-electron chi connectivity index (χ0n) is 16.9. The SMILES string of the molecule is CC(C)=CCCC(C)=CCCC(C)=CCOC(=O)Nc1ccc(C)cc1. The van der Waals surface area contributed by atoms with Crippen LogP contribution in [0, 0.1) is 6.92 Å². The summed E-state index contributed by atoms with van der Waals surface area (Å²) in [6, 6.07) is 7.64. The molecule has 3 heteroatoms. The molecule has 0 aromatic heterocycles. The summed E-state index contributed by atoms with van der Waals surface area (Å²) in [5, 5.41) is 2.72. The van der Waals surface area contributed by atoms with Gasteiger partial charge in [0.1, 0.15) is 6.61 Å². The summed E-state index contributed by atoms with van der Waals surface area (Å²) in [4.78, 5) is 11.8. The van der Waals surface area contributed by atoms with Crippen LogP contribution in [0.1, 0.15) is 58.9 Å². The van der Waals surface area contributed by atoms with E-state index in [1.807, 2.05) is 37.3 Å². The van der Waals surface area contributed by atoms with E-state index in [1.54, 1.807) is 0 Å². The van der Waals surface area contributed by atoms with E-state index in [-0.39, 0.29) is 0 Å². The Morgan fingerprint density at radius 1 is 0.923 bits per heavy atom. The second-order valence-corrected chi connectivity index (χ2v) is 7.05. The van der Waals surface area contributed by atoms with Gasteiger partial charge in [-0.3, -0.25) is 5.32 Å². The Balaban J connectivity index is 2.25. The number of hydrogen-bond acceptors (Lipinski definition) is 2. The van der Waals surface area contributed by atoms with Crippen molar-refractivity contribution in [1.82, 2.24) is 0 Å². The van der Waals surface area contributed by atoms with E-state index in [4.69, 9.17) is 4.74 Å². The maximum Gasteiger partial charge on any atom is 0.411 e. The highest BCUT2D eigenvalue weighted by Crippen LogP contribution is 2.12. The van der Waals surface area contributed by atoms with Crippen LogP contribution in [0.25, 0.3) is 0 Å². The van der Waals surface area contributed by atoms with Crippen molar-refractivity contribution in [2.45, 2.75) is 60.3 Å². The number of benzene rings is 1. The van der Waals surface area contributed by atoms with Gasteiger partial charge in [-0.1, -0.05) is 46.6 Å². The molecule has 3 nitrogen and oxygen atoms in total. The van der Waals surface area contributed by atoms with Gasteiger partial charge in [-0.05, 0) is 78.5 Å². The van der Waals surface area contributed by atoms with Gasteiger partial charge in [-0.25, -0.2) is 4.79 Å². The Kier molecular flexibility index (Phi) is 10.1. The number of nitrogens with one attached hydrogen (secondary N) is 1. The van der Waals surface area contributed by atoms with Gasteiger partial charge in [0.05, 0.1) is 0 Å². The molecular weight excluding hydrogens is 322 g/mol. The molecule has 1 aromatic rings. The second kappa shape index (κ2) is 12.1. The van der Waals surface area contributed by atoms with Crippen molar-refractivity contribution in [3.63, 3.8) is 0 Å². The lowest BCUT2D eigenvalue weighted by Gasteiger charge is -2.06. The van der Waals surface area contributed by atoms with Gasteiger partial charge >= 0.3 is 6.09 Å². The summed E-state index contributed by atoms with van der Waals surface area (Å²) in [6.07, 6.45) is 10.4. The molecule has 0 unspecified atom stereocenters. The average Bonchev–Trinajstić information content (AvgIpc) is 2.56. The lowest BCUT2D eigenvalue weighted by Crippen LogP contribution is -2.13. The lowest BCUT2D eigenvalue weighted by molar-refractivity contribution is 0.174. The van der Waals surface area contributed by atoms with Crippen LogP contribution in [0.3, 0.4) is 0 Å². The van der Waals surface area contributed by atoms with E-state index >= 15 is 0 Å². The van der Waals surface area contributed by atoms with E-state index in [2.05, 4.69) is 45.2 Å². The van der Waals surface area contributed by atoms with E-state index in [0.717, 1.165) is 36.9 Å². The Hall–Kier alpha value is -2.29. The topological polar surface area (TPSA) is 38.3 Å². The molecule has 142 valence electrons.